The fourth-order valence-corrected chi connectivity index (χ4v) is 5.53. The van der Waals surface area contributed by atoms with E-state index in [0.717, 1.165) is 29.4 Å². The molecule has 1 aliphatic carbocycles. The minimum atomic E-state index is -1.30. The Balaban J connectivity index is 1.43. The maximum atomic E-state index is 13.7. The van der Waals surface area contributed by atoms with Crippen molar-refractivity contribution in [1.82, 2.24) is 25.0 Å². The summed E-state index contributed by atoms with van der Waals surface area (Å²) >= 11 is 13.4. The average Bonchev–Trinajstić information content (AvgIpc) is 3.22. The van der Waals surface area contributed by atoms with Crippen LogP contribution in [0, 0.1) is 0 Å². The zero-order chi connectivity index (χ0) is 23.4. The molecule has 33 heavy (non-hydrogen) atoms. The molecule has 0 bridgehead atoms. The van der Waals surface area contributed by atoms with E-state index in [4.69, 9.17) is 4.74 Å². The minimum Gasteiger partial charge on any atom is -0.382 e. The van der Waals surface area contributed by atoms with Crippen molar-refractivity contribution >= 4 is 60.6 Å². The summed E-state index contributed by atoms with van der Waals surface area (Å²) in [6.07, 6.45) is 2.12. The molecule has 0 unspecified atom stereocenters. The van der Waals surface area contributed by atoms with Gasteiger partial charge in [-0.1, -0.05) is 18.2 Å². The monoisotopic (exact) mass is 503 g/mol. The highest BCUT2D eigenvalue weighted by Crippen LogP contribution is 2.49. The van der Waals surface area contributed by atoms with Crippen LogP contribution in [0.3, 0.4) is 0 Å². The maximum Gasteiger partial charge on any atom is 0.277 e. The molecule has 3 heterocycles. The van der Waals surface area contributed by atoms with E-state index in [-0.39, 0.29) is 24.1 Å². The lowest BCUT2D eigenvalue weighted by atomic mass is 10.0. The van der Waals surface area contributed by atoms with Gasteiger partial charge in [0.05, 0.1) is 18.7 Å². The van der Waals surface area contributed by atoms with E-state index in [1.165, 1.54) is 4.90 Å². The number of carbonyl (C=O) groups is 2. The number of H-pyrrole nitrogens is 2. The van der Waals surface area contributed by atoms with Crippen LogP contribution < -0.4 is 0 Å². The van der Waals surface area contributed by atoms with Gasteiger partial charge in [-0.05, 0) is 25.0 Å². The van der Waals surface area contributed by atoms with Crippen LogP contribution in [-0.4, -0.2) is 66.1 Å². The van der Waals surface area contributed by atoms with Gasteiger partial charge in [0.1, 0.15) is 5.69 Å². The maximum absolute atomic E-state index is 13.7. The number of benzene rings is 1. The smallest absolute Gasteiger partial charge is 0.277 e. The molecular weight excluding hydrogens is 478 g/mol. The molecule has 2 aliphatic rings. The summed E-state index contributed by atoms with van der Waals surface area (Å²) in [5.74, 6) is -0.444. The summed E-state index contributed by atoms with van der Waals surface area (Å²) in [6.45, 7) is 1.18. The number of hydrogen-bond donors (Lipinski definition) is 5. The van der Waals surface area contributed by atoms with Gasteiger partial charge in [0.25, 0.3) is 11.8 Å². The standard InChI is InChI=1S/C22H25N5O3S3/c1-30-12-21(7-8-21)27(22(31,32)33)20(29)18-14-11-26(9-6-16(14)24-25-18)19(28)17-10-13-4-2-3-5-15(13)23-17/h2-5,10,23,31-33H,6-9,11-12H2,1H3,(H,24,25). The first-order chi connectivity index (χ1) is 15.7. The van der Waals surface area contributed by atoms with E-state index >= 15 is 0 Å². The van der Waals surface area contributed by atoms with E-state index in [9.17, 15) is 9.59 Å². The van der Waals surface area contributed by atoms with Crippen LogP contribution in [0.2, 0.25) is 0 Å². The summed E-state index contributed by atoms with van der Waals surface area (Å²) < 4.78 is 4.07. The molecule has 0 radical (unpaired) electrons. The molecule has 11 heteroatoms. The predicted molar refractivity (Wildman–Crippen MR) is 135 cm³/mol. The van der Waals surface area contributed by atoms with E-state index in [0.29, 0.717) is 30.8 Å². The van der Waals surface area contributed by atoms with Crippen LogP contribution in [0.15, 0.2) is 30.3 Å². The lowest BCUT2D eigenvalue weighted by Crippen LogP contribution is -2.52. The molecule has 1 saturated carbocycles. The first kappa shape index (κ1) is 22.7. The molecule has 8 nitrogen and oxygen atoms in total. The van der Waals surface area contributed by atoms with Gasteiger partial charge >= 0.3 is 0 Å². The Kier molecular flexibility index (Phi) is 5.71. The van der Waals surface area contributed by atoms with E-state index < -0.39 is 9.07 Å². The molecule has 2 amide bonds. The molecule has 1 aliphatic heterocycles. The van der Waals surface area contributed by atoms with Crippen molar-refractivity contribution in [1.29, 1.82) is 0 Å². The zero-order valence-corrected chi connectivity index (χ0v) is 20.7. The third-order valence-corrected chi connectivity index (χ3v) is 7.00. The second-order valence-electron chi connectivity index (χ2n) is 8.67. The topological polar surface area (TPSA) is 94.3 Å². The van der Waals surface area contributed by atoms with Crippen molar-refractivity contribution < 1.29 is 14.3 Å². The number of hydrogen-bond acceptors (Lipinski definition) is 7. The number of aromatic amines is 2. The predicted octanol–water partition coefficient (Wildman–Crippen LogP) is 3.11. The number of amides is 2. The normalized spacial score (nSPS) is 17.2. The van der Waals surface area contributed by atoms with Gasteiger partial charge in [-0.2, -0.15) is 5.10 Å². The van der Waals surface area contributed by atoms with Crippen LogP contribution in [-0.2, 0) is 17.7 Å². The Labute approximate surface area is 207 Å². The molecule has 0 saturated heterocycles. The van der Waals surface area contributed by atoms with Crippen molar-refractivity contribution in [2.24, 2.45) is 0 Å². The van der Waals surface area contributed by atoms with Gasteiger partial charge in [-0.25, -0.2) is 0 Å². The zero-order valence-electron chi connectivity index (χ0n) is 18.0. The van der Waals surface area contributed by atoms with Crippen LogP contribution >= 0.6 is 37.9 Å². The number of methoxy groups -OCH3 is 1. The highest BCUT2D eigenvalue weighted by molar-refractivity contribution is 8.16. The average molecular weight is 504 g/mol. The number of nitrogens with zero attached hydrogens (tertiary/aromatic N) is 3. The van der Waals surface area contributed by atoms with Crippen molar-refractivity contribution in [2.75, 3.05) is 20.3 Å². The second-order valence-corrected chi connectivity index (χ2v) is 11.7. The third kappa shape index (κ3) is 4.05. The van der Waals surface area contributed by atoms with E-state index in [1.807, 2.05) is 30.3 Å². The van der Waals surface area contributed by atoms with Crippen molar-refractivity contribution in [2.45, 2.75) is 34.9 Å². The van der Waals surface area contributed by atoms with Crippen molar-refractivity contribution in [3.05, 3.63) is 53.0 Å². The molecule has 1 fully saturated rings. The highest BCUT2D eigenvalue weighted by atomic mass is 32.2. The number of thiol groups is 3. The summed E-state index contributed by atoms with van der Waals surface area (Å²) in [4.78, 5) is 33.4. The molecule has 2 aromatic heterocycles. The van der Waals surface area contributed by atoms with Crippen molar-refractivity contribution in [3.8, 4) is 0 Å². The number of nitrogens with one attached hydrogen (secondary N) is 2. The third-order valence-electron chi connectivity index (χ3n) is 6.40. The molecular formula is C22H25N5O3S3. The first-order valence-electron chi connectivity index (χ1n) is 10.7. The van der Waals surface area contributed by atoms with Crippen LogP contribution in [0.4, 0.5) is 0 Å². The van der Waals surface area contributed by atoms with Gasteiger partial charge in [0.2, 0.25) is 0 Å². The lowest BCUT2D eigenvalue weighted by molar-refractivity contribution is 0.0474. The molecule has 174 valence electrons. The second kappa shape index (κ2) is 8.30. The summed E-state index contributed by atoms with van der Waals surface area (Å²) in [5.41, 5.74) is 2.76. The van der Waals surface area contributed by atoms with Crippen molar-refractivity contribution in [3.63, 3.8) is 0 Å². The Morgan fingerprint density at radius 1 is 1.27 bits per heavy atom. The quantitative estimate of drug-likeness (QED) is 0.264. The number of ether oxygens (including phenoxy) is 1. The van der Waals surface area contributed by atoms with Crippen LogP contribution in [0.5, 0.6) is 0 Å². The number of aromatic nitrogens is 3. The minimum absolute atomic E-state index is 0.113. The Morgan fingerprint density at radius 3 is 2.70 bits per heavy atom. The lowest BCUT2D eigenvalue weighted by Gasteiger charge is -2.39. The van der Waals surface area contributed by atoms with Gasteiger partial charge < -0.3 is 14.6 Å². The summed E-state index contributed by atoms with van der Waals surface area (Å²) in [6, 6.07) is 9.62. The summed E-state index contributed by atoms with van der Waals surface area (Å²) in [5, 5.41) is 8.30. The van der Waals surface area contributed by atoms with Crippen LogP contribution in [0.1, 0.15) is 45.1 Å². The van der Waals surface area contributed by atoms with Gasteiger partial charge in [0, 0.05) is 42.2 Å². The summed E-state index contributed by atoms with van der Waals surface area (Å²) in [7, 11) is 1.60. The Morgan fingerprint density at radius 2 is 2.03 bits per heavy atom. The number of para-hydroxylation sites is 1. The van der Waals surface area contributed by atoms with Crippen LogP contribution in [0.25, 0.3) is 10.9 Å². The van der Waals surface area contributed by atoms with Gasteiger partial charge in [0.15, 0.2) is 9.23 Å². The number of carbonyl (C=O) groups excluding carboxylic acids is 2. The van der Waals surface area contributed by atoms with E-state index in [1.54, 1.807) is 12.0 Å². The Bertz CT molecular complexity index is 1190. The van der Waals surface area contributed by atoms with Gasteiger partial charge in [-0.3, -0.25) is 19.6 Å². The largest absolute Gasteiger partial charge is 0.382 e. The highest BCUT2D eigenvalue weighted by Gasteiger charge is 2.56. The number of rotatable bonds is 6. The molecule has 3 aromatic rings. The molecule has 2 N–H and O–H groups in total. The molecule has 5 rings (SSSR count). The molecule has 0 atom stereocenters. The fraction of sp³-hybridized carbons (Fsp3) is 0.409. The Hall–Kier alpha value is -2.08. The van der Waals surface area contributed by atoms with Gasteiger partial charge in [-0.15, -0.1) is 37.9 Å². The SMILES string of the molecule is COCC1(N(C(=O)c2n[nH]c3c2CN(C(=O)c2cc4ccccc4[nH]2)CC3)C(S)(S)S)CC1. The van der Waals surface area contributed by atoms with E-state index in [2.05, 4.69) is 53.1 Å². The fourth-order valence-electron chi connectivity index (χ4n) is 4.63. The molecule has 0 spiro atoms. The number of fused-ring (bicyclic) bond motifs is 2. The molecule has 1 aromatic carbocycles. The first-order valence-corrected chi connectivity index (χ1v) is 12.0.